The Morgan fingerprint density at radius 3 is 2.67 bits per heavy atom. The molecule has 0 aromatic heterocycles. The summed E-state index contributed by atoms with van der Waals surface area (Å²) in [6.45, 7) is 0. The van der Waals surface area contributed by atoms with Crippen LogP contribution in [0, 0.1) is 11.3 Å². The maximum atomic E-state index is 11.9. The number of alkyl halides is 3. The van der Waals surface area contributed by atoms with E-state index in [4.69, 9.17) is 5.26 Å². The molecule has 18 heavy (non-hydrogen) atoms. The molecule has 3 nitrogen and oxygen atoms in total. The van der Waals surface area contributed by atoms with Gasteiger partial charge in [-0.05, 0) is 18.2 Å². The van der Waals surface area contributed by atoms with Gasteiger partial charge in [0.15, 0.2) is 0 Å². The van der Waals surface area contributed by atoms with Crippen molar-refractivity contribution >= 4 is 27.5 Å². The Balaban J connectivity index is 2.68. The monoisotopic (exact) mass is 320 g/mol. The van der Waals surface area contributed by atoms with Crippen LogP contribution < -0.4 is 5.32 Å². The number of rotatable bonds is 3. The second-order valence-corrected chi connectivity index (χ2v) is 4.38. The lowest BCUT2D eigenvalue weighted by atomic mass is 10.2. The molecule has 1 rings (SSSR count). The van der Waals surface area contributed by atoms with Gasteiger partial charge < -0.3 is 5.32 Å². The minimum Gasteiger partial charge on any atom is -0.325 e. The number of carbonyl (C=O) groups excluding carboxylic acids is 1. The third kappa shape index (κ3) is 4.75. The molecule has 0 saturated heterocycles. The zero-order valence-corrected chi connectivity index (χ0v) is 10.6. The molecule has 0 aliphatic heterocycles. The summed E-state index contributed by atoms with van der Waals surface area (Å²) in [6.07, 6.45) is -6.21. The molecule has 1 N–H and O–H groups in total. The Bertz CT molecular complexity index is 494. The molecular weight excluding hydrogens is 313 g/mol. The van der Waals surface area contributed by atoms with E-state index in [-0.39, 0.29) is 11.3 Å². The summed E-state index contributed by atoms with van der Waals surface area (Å²) in [4.78, 5) is 11.3. The lowest BCUT2D eigenvalue weighted by Gasteiger charge is -2.08. The highest BCUT2D eigenvalue weighted by Crippen LogP contribution is 2.23. The van der Waals surface area contributed by atoms with Gasteiger partial charge in [-0.1, -0.05) is 15.9 Å². The standard InChI is InChI=1S/C11H8BrF3N2O/c12-8-1-2-9(7(5-8)6-16)17-10(18)3-4-11(13,14)15/h1-2,5H,3-4H2,(H,17,18). The summed E-state index contributed by atoms with van der Waals surface area (Å²) >= 11 is 3.15. The van der Waals surface area contributed by atoms with E-state index in [0.717, 1.165) is 0 Å². The maximum Gasteiger partial charge on any atom is 0.389 e. The first-order valence-electron chi connectivity index (χ1n) is 4.88. The minimum absolute atomic E-state index is 0.185. The van der Waals surface area contributed by atoms with Crippen LogP contribution >= 0.6 is 15.9 Å². The van der Waals surface area contributed by atoms with Crippen LogP contribution in [0.5, 0.6) is 0 Å². The van der Waals surface area contributed by atoms with Crippen molar-refractivity contribution in [2.24, 2.45) is 0 Å². The normalized spacial score (nSPS) is 10.8. The van der Waals surface area contributed by atoms with E-state index in [2.05, 4.69) is 21.2 Å². The number of hydrogen-bond acceptors (Lipinski definition) is 2. The maximum absolute atomic E-state index is 11.9. The van der Waals surface area contributed by atoms with Crippen molar-refractivity contribution in [3.05, 3.63) is 28.2 Å². The van der Waals surface area contributed by atoms with Gasteiger partial charge >= 0.3 is 6.18 Å². The molecule has 0 spiro atoms. The molecule has 0 radical (unpaired) electrons. The highest BCUT2D eigenvalue weighted by Gasteiger charge is 2.27. The predicted molar refractivity (Wildman–Crippen MR) is 62.8 cm³/mol. The van der Waals surface area contributed by atoms with Gasteiger partial charge in [-0.25, -0.2) is 0 Å². The smallest absolute Gasteiger partial charge is 0.325 e. The number of nitriles is 1. The topological polar surface area (TPSA) is 52.9 Å². The lowest BCUT2D eigenvalue weighted by molar-refractivity contribution is -0.142. The minimum atomic E-state index is -4.37. The van der Waals surface area contributed by atoms with Crippen LogP contribution in [-0.2, 0) is 4.79 Å². The predicted octanol–water partition coefficient (Wildman–Crippen LogP) is 3.60. The fraction of sp³-hybridized carbons (Fsp3) is 0.273. The first kappa shape index (κ1) is 14.5. The highest BCUT2D eigenvalue weighted by atomic mass is 79.9. The van der Waals surface area contributed by atoms with Crippen molar-refractivity contribution in [1.29, 1.82) is 5.26 Å². The van der Waals surface area contributed by atoms with Crippen molar-refractivity contribution < 1.29 is 18.0 Å². The fourth-order valence-electron chi connectivity index (χ4n) is 1.19. The Labute approximate surface area is 110 Å². The molecule has 0 heterocycles. The van der Waals surface area contributed by atoms with Gasteiger partial charge in [-0.2, -0.15) is 18.4 Å². The molecule has 1 aromatic carbocycles. The molecule has 0 atom stereocenters. The Morgan fingerprint density at radius 2 is 2.11 bits per heavy atom. The van der Waals surface area contributed by atoms with Gasteiger partial charge in [0, 0.05) is 10.9 Å². The molecule has 0 aliphatic carbocycles. The number of halogens is 4. The molecule has 1 aromatic rings. The Morgan fingerprint density at radius 1 is 1.44 bits per heavy atom. The highest BCUT2D eigenvalue weighted by molar-refractivity contribution is 9.10. The number of nitrogens with one attached hydrogen (secondary N) is 1. The summed E-state index contributed by atoms with van der Waals surface area (Å²) in [5.74, 6) is -0.772. The summed E-state index contributed by atoms with van der Waals surface area (Å²) in [7, 11) is 0. The van der Waals surface area contributed by atoms with Crippen LogP contribution in [0.4, 0.5) is 18.9 Å². The van der Waals surface area contributed by atoms with Crippen molar-refractivity contribution in [3.8, 4) is 6.07 Å². The third-order valence-corrected chi connectivity index (χ3v) is 2.50. The van der Waals surface area contributed by atoms with Crippen LogP contribution in [0.1, 0.15) is 18.4 Å². The molecule has 7 heteroatoms. The zero-order chi connectivity index (χ0) is 13.8. The lowest BCUT2D eigenvalue weighted by Crippen LogP contribution is -2.17. The van der Waals surface area contributed by atoms with E-state index in [9.17, 15) is 18.0 Å². The Hall–Kier alpha value is -1.55. The second-order valence-electron chi connectivity index (χ2n) is 3.47. The van der Waals surface area contributed by atoms with Crippen LogP contribution in [0.2, 0.25) is 0 Å². The number of amides is 1. The molecular formula is C11H8BrF3N2O. The fourth-order valence-corrected chi connectivity index (χ4v) is 1.55. The van der Waals surface area contributed by atoms with Crippen LogP contribution in [0.15, 0.2) is 22.7 Å². The van der Waals surface area contributed by atoms with E-state index < -0.39 is 24.9 Å². The summed E-state index contributed by atoms with van der Waals surface area (Å²) in [5, 5.41) is 11.1. The first-order chi connectivity index (χ1) is 8.31. The third-order valence-electron chi connectivity index (χ3n) is 2.01. The number of nitrogens with zero attached hydrogens (tertiary/aromatic N) is 1. The van der Waals surface area contributed by atoms with E-state index in [1.807, 2.05) is 6.07 Å². The van der Waals surface area contributed by atoms with Crippen molar-refractivity contribution in [1.82, 2.24) is 0 Å². The molecule has 96 valence electrons. The van der Waals surface area contributed by atoms with E-state index in [1.54, 1.807) is 6.07 Å². The molecule has 1 amide bonds. The summed E-state index contributed by atoms with van der Waals surface area (Å²) in [6, 6.07) is 6.35. The molecule has 0 unspecified atom stereocenters. The van der Waals surface area contributed by atoms with Gasteiger partial charge in [0.1, 0.15) is 6.07 Å². The average molecular weight is 321 g/mol. The second kappa shape index (κ2) is 5.87. The van der Waals surface area contributed by atoms with Crippen LogP contribution in [-0.4, -0.2) is 12.1 Å². The Kier molecular flexibility index (Phi) is 4.73. The largest absolute Gasteiger partial charge is 0.389 e. The SMILES string of the molecule is N#Cc1cc(Br)ccc1NC(=O)CCC(F)(F)F. The van der Waals surface area contributed by atoms with Gasteiger partial charge in [-0.3, -0.25) is 4.79 Å². The van der Waals surface area contributed by atoms with Gasteiger partial charge in [-0.15, -0.1) is 0 Å². The number of hydrogen-bond donors (Lipinski definition) is 1. The molecule has 0 saturated carbocycles. The average Bonchev–Trinajstić information content (AvgIpc) is 2.28. The summed E-state index contributed by atoms with van der Waals surface area (Å²) < 4.78 is 36.4. The van der Waals surface area contributed by atoms with E-state index in [0.29, 0.717) is 4.47 Å². The van der Waals surface area contributed by atoms with Crippen LogP contribution in [0.3, 0.4) is 0 Å². The quantitative estimate of drug-likeness (QED) is 0.925. The number of carbonyl (C=O) groups is 1. The molecule has 0 aliphatic rings. The van der Waals surface area contributed by atoms with Crippen LogP contribution in [0.25, 0.3) is 0 Å². The number of benzene rings is 1. The summed E-state index contributed by atoms with van der Waals surface area (Å²) in [5.41, 5.74) is 0.387. The number of anilines is 1. The van der Waals surface area contributed by atoms with E-state index in [1.165, 1.54) is 12.1 Å². The van der Waals surface area contributed by atoms with Gasteiger partial charge in [0.05, 0.1) is 17.7 Å². The van der Waals surface area contributed by atoms with Gasteiger partial charge in [0.25, 0.3) is 0 Å². The molecule has 0 fully saturated rings. The first-order valence-corrected chi connectivity index (χ1v) is 5.67. The van der Waals surface area contributed by atoms with Crippen molar-refractivity contribution in [2.75, 3.05) is 5.32 Å². The van der Waals surface area contributed by atoms with Crippen molar-refractivity contribution in [3.63, 3.8) is 0 Å². The van der Waals surface area contributed by atoms with Gasteiger partial charge in [0.2, 0.25) is 5.91 Å². The van der Waals surface area contributed by atoms with Crippen molar-refractivity contribution in [2.45, 2.75) is 19.0 Å². The zero-order valence-electron chi connectivity index (χ0n) is 9.01. The van der Waals surface area contributed by atoms with E-state index >= 15 is 0 Å². The molecule has 0 bridgehead atoms.